The van der Waals surface area contributed by atoms with E-state index in [0.717, 1.165) is 0 Å². The molecular formula is C32H34I2O14. The number of hydrogen-bond donors (Lipinski definition) is 1. The fraction of sp³-hybridized carbons (Fsp3) is 0.469. The fourth-order valence-corrected chi connectivity index (χ4v) is 6.54. The summed E-state index contributed by atoms with van der Waals surface area (Å²) in [6, 6.07) is 16.3. The first-order chi connectivity index (χ1) is 22.8. The summed E-state index contributed by atoms with van der Waals surface area (Å²) in [6.45, 7) is 2.76. The molecule has 14 nitrogen and oxygen atoms in total. The SMILES string of the molecule is CC(=O)OC[C@H]1O[C@@H](O[C@H]2[C@H](OC(=O)c3ccccc3)[C@@H](I)[C@H](OC(C)=O)O[C@@H]2COC(C)=O)[C@H](I)[C@@H](O)[C@@H]1OC(=O)c1ccccc1. The number of aliphatic hydroxyl groups excluding tert-OH is 1. The van der Waals surface area contributed by atoms with Crippen molar-refractivity contribution in [2.24, 2.45) is 0 Å². The normalized spacial score (nSPS) is 30.0. The second kappa shape index (κ2) is 17.7. The third kappa shape index (κ3) is 10.1. The van der Waals surface area contributed by atoms with E-state index in [9.17, 15) is 29.1 Å². The highest BCUT2D eigenvalue weighted by Crippen LogP contribution is 2.37. The molecule has 2 saturated heterocycles. The molecule has 2 aromatic carbocycles. The Kier molecular flexibility index (Phi) is 13.9. The number of rotatable bonds is 11. The molecule has 0 aromatic heterocycles. The second-order valence-corrected chi connectivity index (χ2v) is 13.6. The summed E-state index contributed by atoms with van der Waals surface area (Å²) in [5.74, 6) is -3.41. The molecule has 2 fully saturated rings. The van der Waals surface area contributed by atoms with Crippen LogP contribution in [0.1, 0.15) is 41.5 Å². The molecule has 0 spiro atoms. The summed E-state index contributed by atoms with van der Waals surface area (Å²) in [5, 5.41) is 11.4. The van der Waals surface area contributed by atoms with Crippen LogP contribution >= 0.6 is 45.2 Å². The smallest absolute Gasteiger partial charge is 0.338 e. The molecule has 0 saturated carbocycles. The Balaban J connectivity index is 1.65. The van der Waals surface area contributed by atoms with Crippen LogP contribution in [-0.2, 0) is 52.3 Å². The molecule has 48 heavy (non-hydrogen) atoms. The zero-order chi connectivity index (χ0) is 35.0. The van der Waals surface area contributed by atoms with Gasteiger partial charge in [-0.05, 0) is 24.3 Å². The summed E-state index contributed by atoms with van der Waals surface area (Å²) in [7, 11) is 0. The topological polar surface area (TPSA) is 179 Å². The van der Waals surface area contributed by atoms with E-state index in [1.165, 1.54) is 20.8 Å². The molecular weight excluding hydrogens is 862 g/mol. The average Bonchev–Trinajstić information content (AvgIpc) is 3.06. The molecule has 10 atom stereocenters. The minimum absolute atomic E-state index is 0.227. The number of benzene rings is 2. The molecule has 16 heteroatoms. The third-order valence-corrected chi connectivity index (χ3v) is 9.77. The Labute approximate surface area is 303 Å². The van der Waals surface area contributed by atoms with Gasteiger partial charge in [0.1, 0.15) is 47.7 Å². The molecule has 260 valence electrons. The zero-order valence-corrected chi connectivity index (χ0v) is 30.3. The first-order valence-electron chi connectivity index (χ1n) is 14.7. The van der Waals surface area contributed by atoms with Gasteiger partial charge in [-0.25, -0.2) is 9.59 Å². The molecule has 0 amide bonds. The minimum atomic E-state index is -1.40. The Bertz CT molecular complexity index is 1430. The van der Waals surface area contributed by atoms with E-state index in [4.69, 9.17) is 37.9 Å². The van der Waals surface area contributed by atoms with Crippen LogP contribution in [0.25, 0.3) is 0 Å². The lowest BCUT2D eigenvalue weighted by molar-refractivity contribution is -0.310. The Morgan fingerprint density at radius 3 is 1.56 bits per heavy atom. The molecule has 0 radical (unpaired) electrons. The quantitative estimate of drug-likeness (QED) is 0.151. The van der Waals surface area contributed by atoms with Crippen LogP contribution in [0.2, 0.25) is 0 Å². The lowest BCUT2D eigenvalue weighted by Gasteiger charge is -2.47. The van der Waals surface area contributed by atoms with E-state index in [-0.39, 0.29) is 11.1 Å². The Morgan fingerprint density at radius 2 is 1.08 bits per heavy atom. The van der Waals surface area contributed by atoms with E-state index in [1.807, 2.05) is 45.2 Å². The van der Waals surface area contributed by atoms with Crippen LogP contribution in [0, 0.1) is 0 Å². The number of esters is 5. The molecule has 2 aliphatic heterocycles. The molecule has 2 aromatic rings. The summed E-state index contributed by atoms with van der Waals surface area (Å²) in [5.41, 5.74) is 0.457. The van der Waals surface area contributed by atoms with Crippen LogP contribution in [0.3, 0.4) is 0 Å². The van der Waals surface area contributed by atoms with Gasteiger partial charge < -0.3 is 43.0 Å². The van der Waals surface area contributed by atoms with Gasteiger partial charge in [-0.1, -0.05) is 81.6 Å². The highest BCUT2D eigenvalue weighted by atomic mass is 127. The molecule has 0 bridgehead atoms. The Morgan fingerprint density at radius 1 is 0.625 bits per heavy atom. The molecule has 2 heterocycles. The van der Waals surface area contributed by atoms with Gasteiger partial charge in [0.05, 0.1) is 15.1 Å². The molecule has 0 unspecified atom stereocenters. The monoisotopic (exact) mass is 896 g/mol. The maximum Gasteiger partial charge on any atom is 0.338 e. The number of hydrogen-bond acceptors (Lipinski definition) is 14. The minimum Gasteiger partial charge on any atom is -0.463 e. The van der Waals surface area contributed by atoms with Crippen LogP contribution in [0.5, 0.6) is 0 Å². The van der Waals surface area contributed by atoms with Crippen molar-refractivity contribution >= 4 is 75.0 Å². The van der Waals surface area contributed by atoms with Gasteiger partial charge >= 0.3 is 29.8 Å². The third-order valence-electron chi connectivity index (χ3n) is 7.15. The van der Waals surface area contributed by atoms with E-state index in [1.54, 1.807) is 60.7 Å². The van der Waals surface area contributed by atoms with Crippen LogP contribution in [0.4, 0.5) is 0 Å². The fourth-order valence-electron chi connectivity index (χ4n) is 4.92. The van der Waals surface area contributed by atoms with E-state index >= 15 is 0 Å². The zero-order valence-electron chi connectivity index (χ0n) is 26.0. The first kappa shape index (κ1) is 37.9. The van der Waals surface area contributed by atoms with Crippen LogP contribution < -0.4 is 0 Å². The first-order valence-corrected chi connectivity index (χ1v) is 17.2. The molecule has 4 rings (SSSR count). The van der Waals surface area contributed by atoms with Crippen molar-refractivity contribution in [2.45, 2.75) is 77.8 Å². The summed E-state index contributed by atoms with van der Waals surface area (Å²) >= 11 is 3.78. The van der Waals surface area contributed by atoms with Gasteiger partial charge in [0.2, 0.25) is 6.29 Å². The lowest BCUT2D eigenvalue weighted by atomic mass is 9.99. The van der Waals surface area contributed by atoms with E-state index < -0.39 is 100 Å². The number of alkyl halides is 2. The predicted octanol–water partition coefficient (Wildman–Crippen LogP) is 2.93. The predicted molar refractivity (Wildman–Crippen MR) is 180 cm³/mol. The highest BCUT2D eigenvalue weighted by Gasteiger charge is 2.54. The van der Waals surface area contributed by atoms with Gasteiger partial charge in [-0.3, -0.25) is 14.4 Å². The second-order valence-electron chi connectivity index (χ2n) is 10.8. The number of carbonyl (C=O) groups is 5. The number of halogens is 2. The lowest BCUT2D eigenvalue weighted by Crippen LogP contribution is -2.64. The van der Waals surface area contributed by atoms with Crippen LogP contribution in [0.15, 0.2) is 60.7 Å². The average molecular weight is 896 g/mol. The van der Waals surface area contributed by atoms with Crippen molar-refractivity contribution in [1.82, 2.24) is 0 Å². The maximum absolute atomic E-state index is 13.3. The van der Waals surface area contributed by atoms with Crippen molar-refractivity contribution in [3.8, 4) is 0 Å². The summed E-state index contributed by atoms with van der Waals surface area (Å²) in [6.07, 6.45) is -9.97. The van der Waals surface area contributed by atoms with Gasteiger partial charge in [-0.2, -0.15) is 0 Å². The Hall–Kier alpha value is -2.91. The van der Waals surface area contributed by atoms with Crippen molar-refractivity contribution in [3.05, 3.63) is 71.8 Å². The molecule has 1 N–H and O–H groups in total. The van der Waals surface area contributed by atoms with Gasteiger partial charge in [0.15, 0.2) is 12.4 Å². The largest absolute Gasteiger partial charge is 0.463 e. The highest BCUT2D eigenvalue weighted by molar-refractivity contribution is 14.1. The van der Waals surface area contributed by atoms with Gasteiger partial charge in [0.25, 0.3) is 0 Å². The van der Waals surface area contributed by atoms with Crippen molar-refractivity contribution < 1.29 is 67.0 Å². The van der Waals surface area contributed by atoms with Gasteiger partial charge in [-0.15, -0.1) is 0 Å². The number of aliphatic hydroxyl groups is 1. The number of ether oxygens (including phenoxy) is 8. The van der Waals surface area contributed by atoms with E-state index in [0.29, 0.717) is 0 Å². The maximum atomic E-state index is 13.3. The van der Waals surface area contributed by atoms with Gasteiger partial charge in [0, 0.05) is 20.8 Å². The van der Waals surface area contributed by atoms with Crippen LogP contribution in [-0.4, -0.2) is 105 Å². The standard InChI is InChI=1S/C32H34I2O14/c1-16(35)41-14-21-26(46-29(39)19-10-6-4-7-11-19)25(38)23(33)31(44-21)48-27-22(15-42-17(2)36)45-32(43-18(3)37)24(34)28(27)47-30(40)20-12-8-5-9-13-20/h4-13,21-28,31-32,38H,14-15H2,1-3H3/t21-,22-,23-,24-,25-,26-,27-,28-,31+,32-/m1/s1. The molecule has 0 aliphatic carbocycles. The number of carbonyl (C=O) groups excluding carboxylic acids is 5. The van der Waals surface area contributed by atoms with Crippen molar-refractivity contribution in [3.63, 3.8) is 0 Å². The summed E-state index contributed by atoms with van der Waals surface area (Å²) < 4.78 is 44.2. The van der Waals surface area contributed by atoms with Crippen molar-refractivity contribution in [2.75, 3.05) is 13.2 Å². The summed E-state index contributed by atoms with van der Waals surface area (Å²) in [4.78, 5) is 61.7. The van der Waals surface area contributed by atoms with E-state index in [2.05, 4.69) is 0 Å². The van der Waals surface area contributed by atoms with Crippen molar-refractivity contribution in [1.29, 1.82) is 0 Å². The molecule has 2 aliphatic rings.